The summed E-state index contributed by atoms with van der Waals surface area (Å²) in [5, 5.41) is 4.47. The Bertz CT molecular complexity index is 590. The summed E-state index contributed by atoms with van der Waals surface area (Å²) >= 11 is 3.59. The van der Waals surface area contributed by atoms with Crippen LogP contribution in [0.3, 0.4) is 0 Å². The fourth-order valence-corrected chi connectivity index (χ4v) is 2.43. The van der Waals surface area contributed by atoms with Crippen LogP contribution in [0.1, 0.15) is 29.4 Å². The molecule has 0 aliphatic heterocycles. The van der Waals surface area contributed by atoms with Gasteiger partial charge in [-0.15, -0.1) is 0 Å². The van der Waals surface area contributed by atoms with Gasteiger partial charge in [0.05, 0.1) is 15.9 Å². The summed E-state index contributed by atoms with van der Waals surface area (Å²) in [7, 11) is 0. The number of benzene rings is 1. The molecule has 0 spiro atoms. The van der Waals surface area contributed by atoms with Crippen molar-refractivity contribution in [2.24, 2.45) is 0 Å². The minimum Gasteiger partial charge on any atom is -0.487 e. The van der Waals surface area contributed by atoms with Crippen LogP contribution in [0.4, 0.5) is 0 Å². The Morgan fingerprint density at radius 1 is 1.26 bits per heavy atom. The summed E-state index contributed by atoms with van der Waals surface area (Å²) in [5.74, 6) is 0.938. The molecule has 0 saturated heterocycles. The summed E-state index contributed by atoms with van der Waals surface area (Å²) in [6.45, 7) is 9.63. The van der Waals surface area contributed by atoms with E-state index in [9.17, 15) is 0 Å². The van der Waals surface area contributed by atoms with Gasteiger partial charge < -0.3 is 4.74 Å². The standard InChI is InChI=1S/C15H19BrN2O/c1-5-18-13(15(16)12(4)17-18)9-19-14-8-6-7-10(2)11(14)3/h6-8H,5,9H2,1-4H3. The molecular formula is C15H19BrN2O. The van der Waals surface area contributed by atoms with Crippen LogP contribution >= 0.6 is 15.9 Å². The Labute approximate surface area is 122 Å². The second kappa shape index (κ2) is 5.78. The number of rotatable bonds is 4. The SMILES string of the molecule is CCn1nc(C)c(Br)c1COc1cccc(C)c1C. The van der Waals surface area contributed by atoms with Gasteiger partial charge in [0.1, 0.15) is 12.4 Å². The van der Waals surface area contributed by atoms with Crippen LogP contribution in [0.5, 0.6) is 5.75 Å². The first kappa shape index (κ1) is 14.1. The Morgan fingerprint density at radius 3 is 2.68 bits per heavy atom. The fourth-order valence-electron chi connectivity index (χ4n) is 2.03. The number of aromatic nitrogens is 2. The predicted molar refractivity (Wildman–Crippen MR) is 80.6 cm³/mol. The summed E-state index contributed by atoms with van der Waals surface area (Å²) in [6, 6.07) is 6.13. The maximum atomic E-state index is 5.95. The highest BCUT2D eigenvalue weighted by Gasteiger charge is 2.13. The van der Waals surface area contributed by atoms with Crippen molar-refractivity contribution >= 4 is 15.9 Å². The largest absolute Gasteiger partial charge is 0.487 e. The first-order valence-corrected chi connectivity index (χ1v) is 7.24. The second-order valence-electron chi connectivity index (χ2n) is 4.65. The predicted octanol–water partition coefficient (Wildman–Crippen LogP) is 4.17. The fraction of sp³-hybridized carbons (Fsp3) is 0.400. The molecule has 0 radical (unpaired) electrons. The molecule has 0 aliphatic rings. The third kappa shape index (κ3) is 2.84. The van der Waals surface area contributed by atoms with Crippen LogP contribution in [-0.4, -0.2) is 9.78 Å². The van der Waals surface area contributed by atoms with E-state index < -0.39 is 0 Å². The number of halogens is 1. The third-order valence-corrected chi connectivity index (χ3v) is 4.40. The van der Waals surface area contributed by atoms with Crippen molar-refractivity contribution in [3.63, 3.8) is 0 Å². The van der Waals surface area contributed by atoms with Crippen molar-refractivity contribution in [3.8, 4) is 5.75 Å². The van der Waals surface area contributed by atoms with Gasteiger partial charge in [-0.25, -0.2) is 0 Å². The normalized spacial score (nSPS) is 10.8. The van der Waals surface area contributed by atoms with E-state index in [1.54, 1.807) is 0 Å². The topological polar surface area (TPSA) is 27.1 Å². The zero-order valence-corrected chi connectivity index (χ0v) is 13.4. The smallest absolute Gasteiger partial charge is 0.131 e. The monoisotopic (exact) mass is 322 g/mol. The highest BCUT2D eigenvalue weighted by atomic mass is 79.9. The lowest BCUT2D eigenvalue weighted by Crippen LogP contribution is -2.07. The molecule has 4 heteroatoms. The van der Waals surface area contributed by atoms with E-state index in [-0.39, 0.29) is 0 Å². The molecule has 0 fully saturated rings. The average molecular weight is 323 g/mol. The number of aryl methyl sites for hydroxylation is 3. The van der Waals surface area contributed by atoms with Crippen molar-refractivity contribution in [3.05, 3.63) is 45.2 Å². The van der Waals surface area contributed by atoms with Crippen molar-refractivity contribution in [2.75, 3.05) is 0 Å². The van der Waals surface area contributed by atoms with Crippen molar-refractivity contribution in [1.82, 2.24) is 9.78 Å². The maximum Gasteiger partial charge on any atom is 0.131 e. The van der Waals surface area contributed by atoms with Crippen molar-refractivity contribution in [2.45, 2.75) is 40.8 Å². The molecule has 1 aromatic heterocycles. The van der Waals surface area contributed by atoms with Gasteiger partial charge in [0.2, 0.25) is 0 Å². The first-order chi connectivity index (χ1) is 9.04. The van der Waals surface area contributed by atoms with Crippen LogP contribution in [0.2, 0.25) is 0 Å². The van der Waals surface area contributed by atoms with Crippen LogP contribution in [0.15, 0.2) is 22.7 Å². The van der Waals surface area contributed by atoms with E-state index in [0.29, 0.717) is 6.61 Å². The molecule has 102 valence electrons. The highest BCUT2D eigenvalue weighted by molar-refractivity contribution is 9.10. The van der Waals surface area contributed by atoms with E-state index in [1.807, 2.05) is 23.7 Å². The molecule has 0 atom stereocenters. The molecule has 2 aromatic rings. The Balaban J connectivity index is 2.21. The molecule has 0 unspecified atom stereocenters. The average Bonchev–Trinajstić information content (AvgIpc) is 2.67. The molecule has 2 rings (SSSR count). The quantitative estimate of drug-likeness (QED) is 0.844. The number of nitrogens with zero attached hydrogens (tertiary/aromatic N) is 2. The van der Waals surface area contributed by atoms with Gasteiger partial charge >= 0.3 is 0 Å². The third-order valence-electron chi connectivity index (χ3n) is 3.37. The molecule has 0 amide bonds. The van der Waals surface area contributed by atoms with Crippen LogP contribution < -0.4 is 4.74 Å². The zero-order valence-electron chi connectivity index (χ0n) is 11.8. The van der Waals surface area contributed by atoms with E-state index in [0.717, 1.165) is 28.2 Å². The van der Waals surface area contributed by atoms with Crippen LogP contribution in [-0.2, 0) is 13.2 Å². The van der Waals surface area contributed by atoms with E-state index >= 15 is 0 Å². The molecule has 0 bridgehead atoms. The lowest BCUT2D eigenvalue weighted by molar-refractivity contribution is 0.289. The van der Waals surface area contributed by atoms with Gasteiger partial charge in [-0.05, 0) is 60.8 Å². The van der Waals surface area contributed by atoms with Gasteiger partial charge in [-0.3, -0.25) is 4.68 Å². The number of hydrogen-bond acceptors (Lipinski definition) is 2. The van der Waals surface area contributed by atoms with E-state index in [2.05, 4.69) is 47.9 Å². The van der Waals surface area contributed by atoms with E-state index in [4.69, 9.17) is 4.74 Å². The minimum absolute atomic E-state index is 0.527. The lowest BCUT2D eigenvalue weighted by Gasteiger charge is -2.12. The van der Waals surface area contributed by atoms with Crippen LogP contribution in [0.25, 0.3) is 0 Å². The molecule has 19 heavy (non-hydrogen) atoms. The maximum absolute atomic E-state index is 5.95. The summed E-state index contributed by atoms with van der Waals surface area (Å²) in [5.41, 5.74) is 4.52. The summed E-state index contributed by atoms with van der Waals surface area (Å²) in [4.78, 5) is 0. The van der Waals surface area contributed by atoms with Crippen molar-refractivity contribution < 1.29 is 4.74 Å². The van der Waals surface area contributed by atoms with Crippen LogP contribution in [0, 0.1) is 20.8 Å². The van der Waals surface area contributed by atoms with Crippen molar-refractivity contribution in [1.29, 1.82) is 0 Å². The molecule has 1 aromatic carbocycles. The summed E-state index contributed by atoms with van der Waals surface area (Å²) in [6.07, 6.45) is 0. The zero-order chi connectivity index (χ0) is 14.0. The Hall–Kier alpha value is -1.29. The molecule has 0 N–H and O–H groups in total. The van der Waals surface area contributed by atoms with Gasteiger partial charge in [0.25, 0.3) is 0 Å². The number of hydrogen-bond donors (Lipinski definition) is 0. The van der Waals surface area contributed by atoms with Gasteiger partial charge in [-0.1, -0.05) is 12.1 Å². The highest BCUT2D eigenvalue weighted by Crippen LogP contribution is 2.25. The molecule has 1 heterocycles. The number of ether oxygens (including phenoxy) is 1. The lowest BCUT2D eigenvalue weighted by atomic mass is 10.1. The van der Waals surface area contributed by atoms with Gasteiger partial charge in [0.15, 0.2) is 0 Å². The minimum atomic E-state index is 0.527. The van der Waals surface area contributed by atoms with Gasteiger partial charge in [0, 0.05) is 6.54 Å². The molecular weight excluding hydrogens is 304 g/mol. The van der Waals surface area contributed by atoms with Gasteiger partial charge in [-0.2, -0.15) is 5.10 Å². The summed E-state index contributed by atoms with van der Waals surface area (Å²) < 4.78 is 8.97. The van der Waals surface area contributed by atoms with E-state index in [1.165, 1.54) is 11.1 Å². The molecule has 3 nitrogen and oxygen atoms in total. The molecule has 0 aliphatic carbocycles. The Morgan fingerprint density at radius 2 is 2.00 bits per heavy atom. The second-order valence-corrected chi connectivity index (χ2v) is 5.44. The molecule has 0 saturated carbocycles. The Kier molecular flexibility index (Phi) is 4.30. The first-order valence-electron chi connectivity index (χ1n) is 6.45.